The van der Waals surface area contributed by atoms with Gasteiger partial charge < -0.3 is 5.11 Å². The standard InChI is InChI=1S/C9H7Cl2F2NO2/c10-3-4-1-5(9(12)13)8(11)6(14-4)2-7(15)16/h1,9H,2-3H2,(H,15,16). The van der Waals surface area contributed by atoms with Crippen LogP contribution in [0.15, 0.2) is 6.07 Å². The van der Waals surface area contributed by atoms with E-state index >= 15 is 0 Å². The zero-order valence-corrected chi connectivity index (χ0v) is 9.40. The van der Waals surface area contributed by atoms with Gasteiger partial charge in [-0.2, -0.15) is 0 Å². The Hall–Kier alpha value is -0.940. The molecule has 3 nitrogen and oxygen atoms in total. The second kappa shape index (κ2) is 5.41. The van der Waals surface area contributed by atoms with Crippen molar-refractivity contribution in [3.05, 3.63) is 28.0 Å². The van der Waals surface area contributed by atoms with Gasteiger partial charge in [-0.25, -0.2) is 8.78 Å². The Bertz CT molecular complexity index is 413. The number of pyridine rings is 1. The third kappa shape index (κ3) is 3.02. The molecule has 16 heavy (non-hydrogen) atoms. The van der Waals surface area contributed by atoms with E-state index in [9.17, 15) is 13.6 Å². The normalized spacial score (nSPS) is 10.8. The van der Waals surface area contributed by atoms with Crippen LogP contribution in [-0.2, 0) is 17.1 Å². The third-order valence-electron chi connectivity index (χ3n) is 1.80. The Morgan fingerprint density at radius 1 is 1.56 bits per heavy atom. The van der Waals surface area contributed by atoms with E-state index in [4.69, 9.17) is 28.3 Å². The van der Waals surface area contributed by atoms with Gasteiger partial charge in [0.2, 0.25) is 0 Å². The molecule has 0 fully saturated rings. The Balaban J connectivity index is 3.25. The summed E-state index contributed by atoms with van der Waals surface area (Å²) in [5.41, 5.74) is -0.358. The molecule has 0 aliphatic heterocycles. The van der Waals surface area contributed by atoms with E-state index in [1.807, 2.05) is 0 Å². The summed E-state index contributed by atoms with van der Waals surface area (Å²) in [4.78, 5) is 14.3. The number of rotatable bonds is 4. The first kappa shape index (κ1) is 13.1. The molecule has 0 spiro atoms. The Labute approximate surface area is 100 Å². The number of carboxylic acids is 1. The van der Waals surface area contributed by atoms with Gasteiger partial charge in [-0.15, -0.1) is 11.6 Å². The molecular weight excluding hydrogens is 263 g/mol. The molecule has 0 atom stereocenters. The quantitative estimate of drug-likeness (QED) is 0.855. The van der Waals surface area contributed by atoms with Gasteiger partial charge in [-0.3, -0.25) is 9.78 Å². The van der Waals surface area contributed by atoms with E-state index < -0.39 is 24.4 Å². The van der Waals surface area contributed by atoms with Crippen molar-refractivity contribution in [1.82, 2.24) is 4.98 Å². The van der Waals surface area contributed by atoms with Crippen molar-refractivity contribution >= 4 is 29.2 Å². The second-order valence-electron chi connectivity index (χ2n) is 2.97. The number of halogens is 4. The zero-order valence-electron chi connectivity index (χ0n) is 7.88. The highest BCUT2D eigenvalue weighted by Gasteiger charge is 2.19. The van der Waals surface area contributed by atoms with E-state index in [0.717, 1.165) is 6.07 Å². The van der Waals surface area contributed by atoms with Gasteiger partial charge in [-0.05, 0) is 6.07 Å². The number of aromatic nitrogens is 1. The van der Waals surface area contributed by atoms with Crippen LogP contribution >= 0.6 is 23.2 Å². The fourth-order valence-electron chi connectivity index (χ4n) is 1.15. The molecule has 0 bridgehead atoms. The van der Waals surface area contributed by atoms with Crippen LogP contribution < -0.4 is 0 Å². The molecule has 0 saturated heterocycles. The van der Waals surface area contributed by atoms with E-state index in [-0.39, 0.29) is 22.3 Å². The number of nitrogens with zero attached hydrogens (tertiary/aromatic N) is 1. The summed E-state index contributed by atoms with van der Waals surface area (Å²) in [5.74, 6) is -1.27. The number of alkyl halides is 3. The highest BCUT2D eigenvalue weighted by atomic mass is 35.5. The second-order valence-corrected chi connectivity index (χ2v) is 3.61. The molecule has 1 aromatic rings. The molecule has 0 aliphatic rings. The summed E-state index contributed by atoms with van der Waals surface area (Å²) in [6.07, 6.45) is -3.30. The van der Waals surface area contributed by atoms with Crippen LogP contribution in [0.2, 0.25) is 5.02 Å². The molecule has 0 aliphatic carbocycles. The van der Waals surface area contributed by atoms with Gasteiger partial charge in [-0.1, -0.05) is 11.6 Å². The summed E-state index contributed by atoms with van der Waals surface area (Å²) in [5, 5.41) is 8.25. The maximum absolute atomic E-state index is 12.6. The summed E-state index contributed by atoms with van der Waals surface area (Å²) in [7, 11) is 0. The lowest BCUT2D eigenvalue weighted by molar-refractivity contribution is -0.136. The van der Waals surface area contributed by atoms with Crippen molar-refractivity contribution in [3.63, 3.8) is 0 Å². The summed E-state index contributed by atoms with van der Waals surface area (Å²) in [6, 6.07) is 1.07. The summed E-state index contributed by atoms with van der Waals surface area (Å²) in [6.45, 7) is 0. The van der Waals surface area contributed by atoms with Crippen LogP contribution in [0.1, 0.15) is 23.4 Å². The highest BCUT2D eigenvalue weighted by Crippen LogP contribution is 2.30. The number of carboxylic acid groups (broad SMARTS) is 1. The van der Waals surface area contributed by atoms with E-state index in [1.165, 1.54) is 0 Å². The maximum Gasteiger partial charge on any atom is 0.309 e. The van der Waals surface area contributed by atoms with Crippen molar-refractivity contribution in [2.75, 3.05) is 0 Å². The predicted octanol–water partition coefficient (Wildman–Crippen LogP) is 3.04. The smallest absolute Gasteiger partial charge is 0.309 e. The van der Waals surface area contributed by atoms with E-state index in [1.54, 1.807) is 0 Å². The van der Waals surface area contributed by atoms with Crippen LogP contribution in [0.3, 0.4) is 0 Å². The molecule has 7 heteroatoms. The first-order chi connectivity index (χ1) is 7.45. The largest absolute Gasteiger partial charge is 0.481 e. The minimum atomic E-state index is -2.79. The van der Waals surface area contributed by atoms with Gasteiger partial charge in [0, 0.05) is 5.56 Å². The van der Waals surface area contributed by atoms with E-state index in [0.29, 0.717) is 0 Å². The number of aliphatic carboxylic acids is 1. The lowest BCUT2D eigenvalue weighted by atomic mass is 10.1. The van der Waals surface area contributed by atoms with Crippen LogP contribution in [0.25, 0.3) is 0 Å². The topological polar surface area (TPSA) is 50.2 Å². The van der Waals surface area contributed by atoms with Crippen molar-refractivity contribution in [2.45, 2.75) is 18.7 Å². The van der Waals surface area contributed by atoms with Gasteiger partial charge in [0.05, 0.1) is 28.7 Å². The molecule has 0 aromatic carbocycles. The third-order valence-corrected chi connectivity index (χ3v) is 2.51. The van der Waals surface area contributed by atoms with Crippen LogP contribution in [0, 0.1) is 0 Å². The molecule has 1 heterocycles. The fraction of sp³-hybridized carbons (Fsp3) is 0.333. The van der Waals surface area contributed by atoms with Gasteiger partial charge in [0.25, 0.3) is 6.43 Å². The van der Waals surface area contributed by atoms with Gasteiger partial charge in [0.15, 0.2) is 0 Å². The first-order valence-corrected chi connectivity index (χ1v) is 5.11. The molecule has 1 rings (SSSR count). The average molecular weight is 270 g/mol. The average Bonchev–Trinajstić information content (AvgIpc) is 2.19. The Kier molecular flexibility index (Phi) is 4.44. The lowest BCUT2D eigenvalue weighted by Crippen LogP contribution is -2.07. The number of hydrogen-bond donors (Lipinski definition) is 1. The Morgan fingerprint density at radius 2 is 2.19 bits per heavy atom. The molecule has 1 N–H and O–H groups in total. The molecule has 88 valence electrons. The van der Waals surface area contributed by atoms with Gasteiger partial charge >= 0.3 is 5.97 Å². The van der Waals surface area contributed by atoms with Crippen LogP contribution in [-0.4, -0.2) is 16.1 Å². The molecule has 0 radical (unpaired) electrons. The SMILES string of the molecule is O=C(O)Cc1nc(CCl)cc(C(F)F)c1Cl. The number of carbonyl (C=O) groups is 1. The van der Waals surface area contributed by atoms with Gasteiger partial charge in [0.1, 0.15) is 0 Å². The molecule has 1 aromatic heterocycles. The van der Waals surface area contributed by atoms with Crippen molar-refractivity contribution in [2.24, 2.45) is 0 Å². The monoisotopic (exact) mass is 269 g/mol. The number of hydrogen-bond acceptors (Lipinski definition) is 2. The predicted molar refractivity (Wildman–Crippen MR) is 55.1 cm³/mol. The van der Waals surface area contributed by atoms with Crippen LogP contribution in [0.4, 0.5) is 8.78 Å². The Morgan fingerprint density at radius 3 is 2.62 bits per heavy atom. The fourth-order valence-corrected chi connectivity index (χ4v) is 1.53. The van der Waals surface area contributed by atoms with Crippen LogP contribution in [0.5, 0.6) is 0 Å². The van der Waals surface area contributed by atoms with Crippen molar-refractivity contribution < 1.29 is 18.7 Å². The van der Waals surface area contributed by atoms with Crippen molar-refractivity contribution in [3.8, 4) is 0 Å². The lowest BCUT2D eigenvalue weighted by Gasteiger charge is -2.09. The molecule has 0 amide bonds. The van der Waals surface area contributed by atoms with Crippen molar-refractivity contribution in [1.29, 1.82) is 0 Å². The molecule has 0 unspecified atom stereocenters. The first-order valence-electron chi connectivity index (χ1n) is 4.19. The minimum absolute atomic E-state index is 0.0799. The summed E-state index contributed by atoms with van der Waals surface area (Å²) < 4.78 is 25.1. The summed E-state index contributed by atoms with van der Waals surface area (Å²) >= 11 is 11.1. The maximum atomic E-state index is 12.6. The molecular formula is C9H7Cl2F2NO2. The minimum Gasteiger partial charge on any atom is -0.481 e. The van der Waals surface area contributed by atoms with E-state index in [2.05, 4.69) is 4.98 Å². The molecule has 0 saturated carbocycles. The highest BCUT2D eigenvalue weighted by molar-refractivity contribution is 6.32. The zero-order chi connectivity index (χ0) is 12.3.